The van der Waals surface area contributed by atoms with E-state index in [9.17, 15) is 4.79 Å². The van der Waals surface area contributed by atoms with E-state index < -0.39 is 0 Å². The van der Waals surface area contributed by atoms with Gasteiger partial charge in [0.2, 0.25) is 5.95 Å². The maximum Gasteiger partial charge on any atom is 0.264 e. The fourth-order valence-corrected chi connectivity index (χ4v) is 3.57. The molecule has 2 aromatic heterocycles. The van der Waals surface area contributed by atoms with Crippen LogP contribution >= 0.6 is 11.3 Å². The maximum atomic E-state index is 12.9. The lowest BCUT2D eigenvalue weighted by Gasteiger charge is -2.11. The molecular formula is C17H20N4O2S. The van der Waals surface area contributed by atoms with Gasteiger partial charge in [0, 0.05) is 36.6 Å². The molecular weight excluding hydrogens is 324 g/mol. The van der Waals surface area contributed by atoms with E-state index in [1.807, 2.05) is 30.5 Å². The van der Waals surface area contributed by atoms with Crippen molar-refractivity contribution >= 4 is 27.5 Å². The van der Waals surface area contributed by atoms with Crippen LogP contribution in [0.3, 0.4) is 0 Å². The molecule has 7 heteroatoms. The molecule has 6 nitrogen and oxygen atoms in total. The van der Waals surface area contributed by atoms with E-state index >= 15 is 0 Å². The van der Waals surface area contributed by atoms with Gasteiger partial charge in [-0.3, -0.25) is 9.36 Å². The monoisotopic (exact) mass is 344 g/mol. The molecule has 0 atom stereocenters. The minimum absolute atomic E-state index is 0.0840. The average Bonchev–Trinajstić information content (AvgIpc) is 3.00. The van der Waals surface area contributed by atoms with Gasteiger partial charge in [-0.15, -0.1) is 11.3 Å². The van der Waals surface area contributed by atoms with Crippen LogP contribution in [0.2, 0.25) is 0 Å². The molecule has 0 saturated heterocycles. The van der Waals surface area contributed by atoms with Crippen LogP contribution in [0.5, 0.6) is 5.75 Å². The molecule has 1 aromatic carbocycles. The molecule has 3 rings (SSSR count). The minimum Gasteiger partial charge on any atom is -0.496 e. The second-order valence-electron chi connectivity index (χ2n) is 5.55. The fourth-order valence-electron chi connectivity index (χ4n) is 2.64. The lowest BCUT2D eigenvalue weighted by Crippen LogP contribution is -2.24. The van der Waals surface area contributed by atoms with Crippen LogP contribution in [0.25, 0.3) is 21.3 Å². The zero-order valence-corrected chi connectivity index (χ0v) is 14.7. The van der Waals surface area contributed by atoms with Gasteiger partial charge < -0.3 is 15.8 Å². The summed E-state index contributed by atoms with van der Waals surface area (Å²) in [6.07, 6.45) is 0. The molecule has 3 aromatic rings. The third-order valence-corrected chi connectivity index (χ3v) is 4.76. The first-order valence-corrected chi connectivity index (χ1v) is 8.52. The molecule has 0 aliphatic carbocycles. The number of methoxy groups -OCH3 is 1. The number of nitrogens with two attached hydrogens (primary N) is 1. The number of hydrogen-bond donors (Lipinski definition) is 2. The number of benzene rings is 1. The van der Waals surface area contributed by atoms with Crippen LogP contribution < -0.4 is 21.3 Å². The highest BCUT2D eigenvalue weighted by Crippen LogP contribution is 2.37. The van der Waals surface area contributed by atoms with Gasteiger partial charge in [-0.25, -0.2) is 4.98 Å². The Morgan fingerprint density at radius 2 is 2.17 bits per heavy atom. The third-order valence-electron chi connectivity index (χ3n) is 3.89. The molecule has 0 radical (unpaired) electrons. The number of fused-ring (bicyclic) bond motifs is 1. The van der Waals surface area contributed by atoms with Crippen molar-refractivity contribution in [2.75, 3.05) is 25.5 Å². The quantitative estimate of drug-likeness (QED) is 0.742. The second kappa shape index (κ2) is 6.62. The first kappa shape index (κ1) is 16.5. The molecule has 0 aliphatic rings. The Morgan fingerprint density at radius 3 is 2.88 bits per heavy atom. The van der Waals surface area contributed by atoms with Gasteiger partial charge in [0.05, 0.1) is 12.5 Å². The van der Waals surface area contributed by atoms with Crippen molar-refractivity contribution in [3.63, 3.8) is 0 Å². The van der Waals surface area contributed by atoms with Crippen molar-refractivity contribution in [1.29, 1.82) is 0 Å². The third kappa shape index (κ3) is 2.76. The zero-order chi connectivity index (χ0) is 17.3. The summed E-state index contributed by atoms with van der Waals surface area (Å²) in [6.45, 7) is 3.06. The standard InChI is InChI=1S/C17H20N4O2S/c1-10-4-5-13(23-3)11(8-10)12-9-24-15-14(12)16(22)21(2)17(20-15)19-7-6-18/h4-5,8-9H,6-7,18H2,1-3H3,(H,19,20). The van der Waals surface area contributed by atoms with Crippen molar-refractivity contribution in [3.05, 3.63) is 39.5 Å². The Labute approximate surface area is 143 Å². The number of aromatic nitrogens is 2. The molecule has 0 saturated carbocycles. The van der Waals surface area contributed by atoms with Gasteiger partial charge in [-0.2, -0.15) is 0 Å². The summed E-state index contributed by atoms with van der Waals surface area (Å²) < 4.78 is 6.99. The van der Waals surface area contributed by atoms with Crippen LogP contribution in [-0.4, -0.2) is 29.8 Å². The van der Waals surface area contributed by atoms with Crippen molar-refractivity contribution in [2.45, 2.75) is 6.92 Å². The molecule has 0 fully saturated rings. The number of thiophene rings is 1. The smallest absolute Gasteiger partial charge is 0.264 e. The van der Waals surface area contributed by atoms with Crippen LogP contribution in [-0.2, 0) is 7.05 Å². The highest BCUT2D eigenvalue weighted by molar-refractivity contribution is 7.17. The summed E-state index contributed by atoms with van der Waals surface area (Å²) in [7, 11) is 3.34. The van der Waals surface area contributed by atoms with E-state index in [-0.39, 0.29) is 5.56 Å². The molecule has 0 unspecified atom stereocenters. The minimum atomic E-state index is -0.0840. The summed E-state index contributed by atoms with van der Waals surface area (Å²) in [6, 6.07) is 5.94. The molecule has 24 heavy (non-hydrogen) atoms. The Morgan fingerprint density at radius 1 is 1.38 bits per heavy atom. The predicted molar refractivity (Wildman–Crippen MR) is 99.1 cm³/mol. The van der Waals surface area contributed by atoms with Crippen molar-refractivity contribution in [3.8, 4) is 16.9 Å². The number of hydrogen-bond acceptors (Lipinski definition) is 6. The highest BCUT2D eigenvalue weighted by atomic mass is 32.1. The van der Waals surface area contributed by atoms with Crippen LogP contribution in [0.15, 0.2) is 28.4 Å². The summed E-state index contributed by atoms with van der Waals surface area (Å²) >= 11 is 1.45. The molecule has 0 amide bonds. The van der Waals surface area contributed by atoms with E-state index in [2.05, 4.69) is 10.3 Å². The number of anilines is 1. The largest absolute Gasteiger partial charge is 0.496 e. The lowest BCUT2D eigenvalue weighted by atomic mass is 10.0. The zero-order valence-electron chi connectivity index (χ0n) is 13.9. The second-order valence-corrected chi connectivity index (χ2v) is 6.41. The van der Waals surface area contributed by atoms with E-state index in [0.29, 0.717) is 29.3 Å². The molecule has 0 bridgehead atoms. The van der Waals surface area contributed by atoms with Gasteiger partial charge in [-0.1, -0.05) is 11.6 Å². The van der Waals surface area contributed by atoms with Gasteiger partial charge in [0.15, 0.2) is 0 Å². The summed E-state index contributed by atoms with van der Waals surface area (Å²) in [5, 5.41) is 5.66. The molecule has 0 spiro atoms. The number of ether oxygens (including phenoxy) is 1. The van der Waals surface area contributed by atoms with Gasteiger partial charge in [-0.05, 0) is 19.1 Å². The Kier molecular flexibility index (Phi) is 4.55. The maximum absolute atomic E-state index is 12.9. The first-order chi connectivity index (χ1) is 11.6. The van der Waals surface area contributed by atoms with E-state index in [1.165, 1.54) is 15.9 Å². The normalized spacial score (nSPS) is 11.0. The molecule has 0 aliphatic heterocycles. The van der Waals surface area contributed by atoms with Crippen LogP contribution in [0.1, 0.15) is 5.56 Å². The molecule has 2 heterocycles. The van der Waals surface area contributed by atoms with Gasteiger partial charge in [0.25, 0.3) is 5.56 Å². The van der Waals surface area contributed by atoms with Crippen molar-refractivity contribution in [1.82, 2.24) is 9.55 Å². The Hall–Kier alpha value is -2.38. The van der Waals surface area contributed by atoms with Crippen LogP contribution in [0.4, 0.5) is 5.95 Å². The number of aryl methyl sites for hydroxylation is 1. The van der Waals surface area contributed by atoms with Gasteiger partial charge in [0.1, 0.15) is 10.6 Å². The van der Waals surface area contributed by atoms with Crippen LogP contribution in [0, 0.1) is 6.92 Å². The number of rotatable bonds is 5. The Balaban J connectivity index is 2.24. The Bertz CT molecular complexity index is 946. The number of nitrogens with one attached hydrogen (secondary N) is 1. The lowest BCUT2D eigenvalue weighted by molar-refractivity contribution is 0.416. The molecule has 126 valence electrons. The van der Waals surface area contributed by atoms with E-state index in [4.69, 9.17) is 10.5 Å². The first-order valence-electron chi connectivity index (χ1n) is 7.64. The van der Waals surface area contributed by atoms with Gasteiger partial charge >= 0.3 is 0 Å². The summed E-state index contributed by atoms with van der Waals surface area (Å²) in [5.41, 5.74) is 8.30. The van der Waals surface area contributed by atoms with Crippen molar-refractivity contribution in [2.24, 2.45) is 12.8 Å². The highest BCUT2D eigenvalue weighted by Gasteiger charge is 2.17. The average molecular weight is 344 g/mol. The topological polar surface area (TPSA) is 82.2 Å². The molecule has 3 N–H and O–H groups in total. The van der Waals surface area contributed by atoms with E-state index in [1.54, 1.807) is 14.2 Å². The van der Waals surface area contributed by atoms with Crippen molar-refractivity contribution < 1.29 is 4.74 Å². The van der Waals surface area contributed by atoms with E-state index in [0.717, 1.165) is 22.4 Å². The fraction of sp³-hybridized carbons (Fsp3) is 0.294. The SMILES string of the molecule is COc1ccc(C)cc1-c1csc2nc(NCCN)n(C)c(=O)c12. The predicted octanol–water partition coefficient (Wildman–Crippen LogP) is 2.35. The summed E-state index contributed by atoms with van der Waals surface area (Å²) in [5.74, 6) is 1.27. The number of nitrogens with zero attached hydrogens (tertiary/aromatic N) is 2. The summed E-state index contributed by atoms with van der Waals surface area (Å²) in [4.78, 5) is 18.1.